The SMILES string of the molecule is Cc1nn(C)c(N(C)C)c1CNC(C)Cn1cccn1. The molecule has 6 heteroatoms. The highest BCUT2D eigenvalue weighted by Gasteiger charge is 2.15. The lowest BCUT2D eigenvalue weighted by Crippen LogP contribution is -2.30. The lowest BCUT2D eigenvalue weighted by Gasteiger charge is -2.18. The molecule has 0 spiro atoms. The van der Waals surface area contributed by atoms with Crippen LogP contribution in [0.3, 0.4) is 0 Å². The highest BCUT2D eigenvalue weighted by molar-refractivity contribution is 5.48. The van der Waals surface area contributed by atoms with Crippen LogP contribution in [0.4, 0.5) is 5.82 Å². The van der Waals surface area contributed by atoms with Gasteiger partial charge in [-0.15, -0.1) is 0 Å². The molecule has 2 rings (SSSR count). The van der Waals surface area contributed by atoms with Crippen LogP contribution in [0.15, 0.2) is 18.5 Å². The Morgan fingerprint density at radius 3 is 2.75 bits per heavy atom. The Bertz CT molecular complexity index is 540. The monoisotopic (exact) mass is 276 g/mol. The van der Waals surface area contributed by atoms with E-state index in [9.17, 15) is 0 Å². The molecular formula is C14H24N6. The Morgan fingerprint density at radius 1 is 1.40 bits per heavy atom. The number of rotatable bonds is 6. The smallest absolute Gasteiger partial charge is 0.130 e. The molecule has 0 amide bonds. The quantitative estimate of drug-likeness (QED) is 0.860. The van der Waals surface area contributed by atoms with Crippen LogP contribution in [-0.2, 0) is 20.1 Å². The number of hydrogen-bond donors (Lipinski definition) is 1. The Kier molecular flexibility index (Phi) is 4.44. The summed E-state index contributed by atoms with van der Waals surface area (Å²) in [5.74, 6) is 1.15. The fourth-order valence-corrected chi connectivity index (χ4v) is 2.49. The molecule has 0 bridgehead atoms. The summed E-state index contributed by atoms with van der Waals surface area (Å²) < 4.78 is 3.88. The number of nitrogens with zero attached hydrogens (tertiary/aromatic N) is 5. The number of aryl methyl sites for hydroxylation is 2. The number of anilines is 1. The van der Waals surface area contributed by atoms with Crippen LogP contribution in [0.1, 0.15) is 18.2 Å². The molecule has 1 N–H and O–H groups in total. The van der Waals surface area contributed by atoms with Gasteiger partial charge in [-0.25, -0.2) is 0 Å². The molecule has 0 saturated carbocycles. The van der Waals surface area contributed by atoms with Gasteiger partial charge in [-0.05, 0) is 19.9 Å². The van der Waals surface area contributed by atoms with Crippen molar-refractivity contribution in [3.05, 3.63) is 29.7 Å². The van der Waals surface area contributed by atoms with Crippen molar-refractivity contribution in [1.82, 2.24) is 24.9 Å². The topological polar surface area (TPSA) is 50.9 Å². The molecule has 0 aliphatic heterocycles. The highest BCUT2D eigenvalue weighted by Crippen LogP contribution is 2.21. The fraction of sp³-hybridized carbons (Fsp3) is 0.571. The molecular weight excluding hydrogens is 252 g/mol. The summed E-state index contributed by atoms with van der Waals surface area (Å²) in [5, 5.41) is 12.3. The molecule has 6 nitrogen and oxygen atoms in total. The molecule has 0 aromatic carbocycles. The van der Waals surface area contributed by atoms with Gasteiger partial charge < -0.3 is 10.2 Å². The summed E-state index contributed by atoms with van der Waals surface area (Å²) in [6.07, 6.45) is 3.79. The fourth-order valence-electron chi connectivity index (χ4n) is 2.49. The zero-order valence-electron chi connectivity index (χ0n) is 13.0. The van der Waals surface area contributed by atoms with Crippen LogP contribution in [0.2, 0.25) is 0 Å². The lowest BCUT2D eigenvalue weighted by atomic mass is 10.2. The average Bonchev–Trinajstić information content (AvgIpc) is 2.94. The minimum Gasteiger partial charge on any atom is -0.363 e. The van der Waals surface area contributed by atoms with Gasteiger partial charge in [0.05, 0.1) is 12.2 Å². The summed E-state index contributed by atoms with van der Waals surface area (Å²) in [4.78, 5) is 2.11. The van der Waals surface area contributed by atoms with E-state index < -0.39 is 0 Å². The first kappa shape index (κ1) is 14.6. The molecule has 2 heterocycles. The highest BCUT2D eigenvalue weighted by atomic mass is 15.4. The zero-order chi connectivity index (χ0) is 14.7. The van der Waals surface area contributed by atoms with E-state index in [2.05, 4.69) is 34.3 Å². The zero-order valence-corrected chi connectivity index (χ0v) is 13.0. The van der Waals surface area contributed by atoms with E-state index in [1.165, 1.54) is 5.56 Å². The summed E-state index contributed by atoms with van der Waals surface area (Å²) in [6, 6.07) is 2.30. The van der Waals surface area contributed by atoms with Crippen molar-refractivity contribution in [2.75, 3.05) is 19.0 Å². The van der Waals surface area contributed by atoms with E-state index in [0.717, 1.165) is 24.6 Å². The Balaban J connectivity index is 2.00. The summed E-state index contributed by atoms with van der Waals surface area (Å²) in [6.45, 7) is 5.91. The first-order valence-electron chi connectivity index (χ1n) is 6.89. The standard InChI is InChI=1S/C14H24N6/c1-11(10-20-8-6-7-16-20)15-9-13-12(2)17-19(5)14(13)18(3)4/h6-8,11,15H,9-10H2,1-5H3. The molecule has 2 aromatic heterocycles. The van der Waals surface area contributed by atoms with Gasteiger partial charge in [0.15, 0.2) is 0 Å². The summed E-state index contributed by atoms with van der Waals surface area (Å²) >= 11 is 0. The van der Waals surface area contributed by atoms with E-state index in [-0.39, 0.29) is 0 Å². The van der Waals surface area contributed by atoms with Gasteiger partial charge in [0.1, 0.15) is 5.82 Å². The predicted molar refractivity (Wildman–Crippen MR) is 80.8 cm³/mol. The molecule has 0 aliphatic rings. The first-order chi connectivity index (χ1) is 9.49. The number of hydrogen-bond acceptors (Lipinski definition) is 4. The Hall–Kier alpha value is -1.82. The second-order valence-corrected chi connectivity index (χ2v) is 5.42. The van der Waals surface area contributed by atoms with Crippen molar-refractivity contribution >= 4 is 5.82 Å². The molecule has 0 aliphatic carbocycles. The van der Waals surface area contributed by atoms with Gasteiger partial charge in [-0.3, -0.25) is 9.36 Å². The van der Waals surface area contributed by atoms with Gasteiger partial charge in [-0.1, -0.05) is 0 Å². The van der Waals surface area contributed by atoms with Crippen molar-refractivity contribution < 1.29 is 0 Å². The van der Waals surface area contributed by atoms with Crippen molar-refractivity contribution in [1.29, 1.82) is 0 Å². The van der Waals surface area contributed by atoms with E-state index in [4.69, 9.17) is 0 Å². The average molecular weight is 276 g/mol. The van der Waals surface area contributed by atoms with Crippen LogP contribution < -0.4 is 10.2 Å². The van der Waals surface area contributed by atoms with Crippen molar-refractivity contribution in [3.63, 3.8) is 0 Å². The normalized spacial score (nSPS) is 12.7. The van der Waals surface area contributed by atoms with Crippen molar-refractivity contribution in [3.8, 4) is 0 Å². The molecule has 0 radical (unpaired) electrons. The van der Waals surface area contributed by atoms with Gasteiger partial charge >= 0.3 is 0 Å². The maximum atomic E-state index is 4.50. The largest absolute Gasteiger partial charge is 0.363 e. The predicted octanol–water partition coefficient (Wildman–Crippen LogP) is 1.17. The van der Waals surface area contributed by atoms with Crippen LogP contribution in [0.5, 0.6) is 0 Å². The van der Waals surface area contributed by atoms with Gasteiger partial charge in [0.25, 0.3) is 0 Å². The van der Waals surface area contributed by atoms with Gasteiger partial charge in [-0.2, -0.15) is 10.2 Å². The molecule has 20 heavy (non-hydrogen) atoms. The van der Waals surface area contributed by atoms with E-state index in [1.807, 2.05) is 49.0 Å². The van der Waals surface area contributed by atoms with E-state index in [1.54, 1.807) is 0 Å². The van der Waals surface area contributed by atoms with Crippen molar-refractivity contribution in [2.24, 2.45) is 7.05 Å². The van der Waals surface area contributed by atoms with Crippen molar-refractivity contribution in [2.45, 2.75) is 33.0 Å². The number of aromatic nitrogens is 4. The van der Waals surface area contributed by atoms with Crippen LogP contribution in [0, 0.1) is 6.92 Å². The second-order valence-electron chi connectivity index (χ2n) is 5.42. The molecule has 1 atom stereocenters. The first-order valence-corrected chi connectivity index (χ1v) is 6.89. The lowest BCUT2D eigenvalue weighted by molar-refractivity contribution is 0.450. The third-order valence-corrected chi connectivity index (χ3v) is 3.38. The number of nitrogens with one attached hydrogen (secondary N) is 1. The molecule has 0 saturated heterocycles. The third-order valence-electron chi connectivity index (χ3n) is 3.38. The van der Waals surface area contributed by atoms with Crippen LogP contribution in [-0.4, -0.2) is 39.7 Å². The molecule has 110 valence electrons. The third kappa shape index (κ3) is 3.19. The van der Waals surface area contributed by atoms with E-state index >= 15 is 0 Å². The van der Waals surface area contributed by atoms with Gasteiger partial charge in [0.2, 0.25) is 0 Å². The minimum atomic E-state index is 0.351. The summed E-state index contributed by atoms with van der Waals surface area (Å²) in [5.41, 5.74) is 2.33. The molecule has 0 fully saturated rings. The van der Waals surface area contributed by atoms with Gasteiger partial charge in [0, 0.05) is 51.7 Å². The summed E-state index contributed by atoms with van der Waals surface area (Å²) in [7, 11) is 6.08. The van der Waals surface area contributed by atoms with Crippen LogP contribution >= 0.6 is 0 Å². The maximum absolute atomic E-state index is 4.50. The molecule has 2 aromatic rings. The van der Waals surface area contributed by atoms with Crippen LogP contribution in [0.25, 0.3) is 0 Å². The Labute approximate surface area is 120 Å². The maximum Gasteiger partial charge on any atom is 0.130 e. The van der Waals surface area contributed by atoms with E-state index in [0.29, 0.717) is 6.04 Å². The minimum absolute atomic E-state index is 0.351. The molecule has 1 unspecified atom stereocenters. The second kappa shape index (κ2) is 6.09. The Morgan fingerprint density at radius 2 is 2.15 bits per heavy atom.